The molecule has 1 N–H and O–H groups in total. The third-order valence-electron chi connectivity index (χ3n) is 3.02. The molecule has 0 aromatic rings. The molecule has 1 heterocycles. The number of nitrogens with zero attached hydrogens (tertiary/aromatic N) is 2. The van der Waals surface area contributed by atoms with E-state index in [1.54, 1.807) is 11.8 Å². The van der Waals surface area contributed by atoms with Crippen molar-refractivity contribution in [2.24, 2.45) is 0 Å². The number of carbonyl (C=O) groups excluding carboxylic acids is 1. The van der Waals surface area contributed by atoms with Gasteiger partial charge in [0.25, 0.3) is 0 Å². The van der Waals surface area contributed by atoms with Crippen LogP contribution in [0.3, 0.4) is 0 Å². The summed E-state index contributed by atoms with van der Waals surface area (Å²) in [5.74, 6) is 1.43. The van der Waals surface area contributed by atoms with Gasteiger partial charge in [-0.25, -0.2) is 0 Å². The van der Waals surface area contributed by atoms with E-state index in [1.165, 1.54) is 6.42 Å². The first kappa shape index (κ1) is 15.3. The number of nitrogens with one attached hydrogen (secondary N) is 1. The minimum atomic E-state index is -0.135. The molecule has 0 aliphatic carbocycles. The predicted molar refractivity (Wildman–Crippen MR) is 75.5 cm³/mol. The number of nitriles is 1. The highest BCUT2D eigenvalue weighted by atomic mass is 32.2. The van der Waals surface area contributed by atoms with Crippen molar-refractivity contribution in [2.75, 3.05) is 31.1 Å². The van der Waals surface area contributed by atoms with E-state index in [1.807, 2.05) is 4.90 Å². The average molecular weight is 269 g/mol. The molecular weight excluding hydrogens is 246 g/mol. The van der Waals surface area contributed by atoms with Crippen molar-refractivity contribution in [3.05, 3.63) is 0 Å². The normalized spacial score (nSPS) is 17.2. The van der Waals surface area contributed by atoms with Crippen molar-refractivity contribution >= 4 is 17.7 Å². The maximum absolute atomic E-state index is 11.9. The van der Waals surface area contributed by atoms with E-state index < -0.39 is 0 Å². The Hall–Kier alpha value is -0.730. The molecule has 18 heavy (non-hydrogen) atoms. The van der Waals surface area contributed by atoms with Gasteiger partial charge in [-0.1, -0.05) is 6.92 Å². The summed E-state index contributed by atoms with van der Waals surface area (Å²) >= 11 is 1.56. The second-order valence-electron chi connectivity index (χ2n) is 4.59. The van der Waals surface area contributed by atoms with Crippen LogP contribution in [0, 0.1) is 11.3 Å². The highest BCUT2D eigenvalue weighted by Crippen LogP contribution is 2.11. The monoisotopic (exact) mass is 269 g/mol. The van der Waals surface area contributed by atoms with Crippen molar-refractivity contribution in [3.8, 4) is 6.07 Å². The van der Waals surface area contributed by atoms with Gasteiger partial charge in [0, 0.05) is 18.8 Å². The molecule has 0 saturated carbocycles. The van der Waals surface area contributed by atoms with E-state index in [0.29, 0.717) is 11.5 Å². The van der Waals surface area contributed by atoms with Crippen molar-refractivity contribution < 1.29 is 4.79 Å². The topological polar surface area (TPSA) is 56.1 Å². The summed E-state index contributed by atoms with van der Waals surface area (Å²) in [5.41, 5.74) is 0. The standard InChI is InChI=1S/C13H23N3OS/c1-2-6-15-12(9-14)10-18-11-13(17)16-7-4-3-5-8-16/h12,15H,2-8,10-11H2,1H3. The molecule has 1 amide bonds. The fourth-order valence-electron chi connectivity index (χ4n) is 1.96. The van der Waals surface area contributed by atoms with E-state index >= 15 is 0 Å². The lowest BCUT2D eigenvalue weighted by atomic mass is 10.1. The van der Waals surface area contributed by atoms with E-state index in [2.05, 4.69) is 18.3 Å². The molecule has 1 unspecified atom stereocenters. The van der Waals surface area contributed by atoms with Gasteiger partial charge in [0.15, 0.2) is 0 Å². The van der Waals surface area contributed by atoms with Gasteiger partial charge in [-0.05, 0) is 32.2 Å². The molecular formula is C13H23N3OS. The zero-order valence-electron chi connectivity index (χ0n) is 11.2. The van der Waals surface area contributed by atoms with Gasteiger partial charge in [-0.3, -0.25) is 4.79 Å². The Morgan fingerprint density at radius 1 is 1.44 bits per heavy atom. The molecule has 0 bridgehead atoms. The summed E-state index contributed by atoms with van der Waals surface area (Å²) in [6, 6.07) is 2.10. The van der Waals surface area contributed by atoms with Crippen LogP contribution in [0.5, 0.6) is 0 Å². The maximum atomic E-state index is 11.9. The number of hydrogen-bond acceptors (Lipinski definition) is 4. The first-order valence-electron chi connectivity index (χ1n) is 6.76. The van der Waals surface area contributed by atoms with Crippen molar-refractivity contribution in [2.45, 2.75) is 38.6 Å². The molecule has 1 atom stereocenters. The Morgan fingerprint density at radius 2 is 2.17 bits per heavy atom. The average Bonchev–Trinajstić information content (AvgIpc) is 2.43. The third-order valence-corrected chi connectivity index (χ3v) is 4.04. The maximum Gasteiger partial charge on any atom is 0.232 e. The second-order valence-corrected chi connectivity index (χ2v) is 5.62. The number of amides is 1. The number of piperidine rings is 1. The van der Waals surface area contributed by atoms with Crippen LogP contribution in [0.4, 0.5) is 0 Å². The summed E-state index contributed by atoms with van der Waals surface area (Å²) in [6.07, 6.45) is 4.54. The van der Waals surface area contributed by atoms with Crippen LogP contribution in [0.2, 0.25) is 0 Å². The Bertz CT molecular complexity index is 284. The molecule has 0 spiro atoms. The molecule has 1 aliphatic rings. The van der Waals surface area contributed by atoms with Gasteiger partial charge in [-0.2, -0.15) is 5.26 Å². The van der Waals surface area contributed by atoms with Gasteiger partial charge in [0.05, 0.1) is 11.8 Å². The van der Waals surface area contributed by atoms with Gasteiger partial charge in [-0.15, -0.1) is 11.8 Å². The predicted octanol–water partition coefficient (Wildman–Crippen LogP) is 1.62. The highest BCUT2D eigenvalue weighted by Gasteiger charge is 2.16. The lowest BCUT2D eigenvalue weighted by molar-refractivity contribution is -0.129. The minimum absolute atomic E-state index is 0.135. The van der Waals surface area contributed by atoms with Gasteiger partial charge < -0.3 is 10.2 Å². The van der Waals surface area contributed by atoms with Crippen LogP contribution in [0.15, 0.2) is 0 Å². The Balaban J connectivity index is 2.15. The molecule has 1 aliphatic heterocycles. The van der Waals surface area contributed by atoms with Crippen LogP contribution >= 0.6 is 11.8 Å². The summed E-state index contributed by atoms with van der Waals surface area (Å²) in [6.45, 7) is 4.76. The van der Waals surface area contributed by atoms with Crippen molar-refractivity contribution in [1.82, 2.24) is 10.2 Å². The first-order chi connectivity index (χ1) is 8.77. The minimum Gasteiger partial charge on any atom is -0.342 e. The fourth-order valence-corrected chi connectivity index (χ4v) is 2.86. The van der Waals surface area contributed by atoms with Crippen molar-refractivity contribution in [3.63, 3.8) is 0 Å². The third kappa shape index (κ3) is 5.74. The van der Waals surface area contributed by atoms with Crippen LogP contribution in [-0.2, 0) is 4.79 Å². The van der Waals surface area contributed by atoms with E-state index in [9.17, 15) is 4.79 Å². The fraction of sp³-hybridized carbons (Fsp3) is 0.846. The molecule has 0 aromatic carbocycles. The molecule has 102 valence electrons. The van der Waals surface area contributed by atoms with Gasteiger partial charge in [0.2, 0.25) is 5.91 Å². The van der Waals surface area contributed by atoms with Crippen LogP contribution < -0.4 is 5.32 Å². The van der Waals surface area contributed by atoms with Crippen LogP contribution in [0.25, 0.3) is 0 Å². The molecule has 1 fully saturated rings. The Kier molecular flexibility index (Phi) is 7.86. The first-order valence-corrected chi connectivity index (χ1v) is 7.92. The van der Waals surface area contributed by atoms with Crippen LogP contribution in [0.1, 0.15) is 32.6 Å². The number of hydrogen-bond donors (Lipinski definition) is 1. The number of carbonyl (C=O) groups is 1. The molecule has 4 nitrogen and oxygen atoms in total. The molecule has 0 aromatic heterocycles. The summed E-state index contributed by atoms with van der Waals surface area (Å²) < 4.78 is 0. The van der Waals surface area contributed by atoms with E-state index in [4.69, 9.17) is 5.26 Å². The molecule has 1 rings (SSSR count). The molecule has 0 radical (unpaired) electrons. The smallest absolute Gasteiger partial charge is 0.232 e. The van der Waals surface area contributed by atoms with Crippen LogP contribution in [-0.4, -0.2) is 48.0 Å². The zero-order chi connectivity index (χ0) is 13.2. The van der Waals surface area contributed by atoms with Gasteiger partial charge >= 0.3 is 0 Å². The summed E-state index contributed by atoms with van der Waals surface area (Å²) in [5, 5.41) is 12.1. The number of thioether (sulfide) groups is 1. The summed E-state index contributed by atoms with van der Waals surface area (Å²) in [7, 11) is 0. The summed E-state index contributed by atoms with van der Waals surface area (Å²) in [4.78, 5) is 13.8. The van der Waals surface area contributed by atoms with E-state index in [0.717, 1.165) is 38.9 Å². The molecule has 5 heteroatoms. The Morgan fingerprint density at radius 3 is 2.78 bits per heavy atom. The second kappa shape index (κ2) is 9.23. The van der Waals surface area contributed by atoms with Crippen molar-refractivity contribution in [1.29, 1.82) is 5.26 Å². The highest BCUT2D eigenvalue weighted by molar-refractivity contribution is 8.00. The quantitative estimate of drug-likeness (QED) is 0.763. The number of likely N-dealkylation sites (tertiary alicyclic amines) is 1. The van der Waals surface area contributed by atoms with E-state index in [-0.39, 0.29) is 11.9 Å². The largest absolute Gasteiger partial charge is 0.342 e. The Labute approximate surface area is 114 Å². The molecule has 1 saturated heterocycles. The lowest BCUT2D eigenvalue weighted by Crippen LogP contribution is -2.37. The SMILES string of the molecule is CCCNC(C#N)CSCC(=O)N1CCCCC1. The lowest BCUT2D eigenvalue weighted by Gasteiger charge is -2.26. The van der Waals surface area contributed by atoms with Gasteiger partial charge in [0.1, 0.15) is 6.04 Å². The number of rotatable bonds is 7. The zero-order valence-corrected chi connectivity index (χ0v) is 12.0.